The van der Waals surface area contributed by atoms with Crippen molar-refractivity contribution in [2.45, 2.75) is 38.9 Å². The van der Waals surface area contributed by atoms with Gasteiger partial charge in [0.25, 0.3) is 0 Å². The van der Waals surface area contributed by atoms with Gasteiger partial charge in [0.05, 0.1) is 11.2 Å². The highest BCUT2D eigenvalue weighted by Crippen LogP contribution is 2.40. The van der Waals surface area contributed by atoms with Gasteiger partial charge >= 0.3 is 7.48 Å². The summed E-state index contributed by atoms with van der Waals surface area (Å²) in [6, 6.07) is 32.7. The number of fused-ring (bicyclic) bond motifs is 6. The zero-order valence-electron chi connectivity index (χ0n) is 21.0. The van der Waals surface area contributed by atoms with Gasteiger partial charge in [-0.1, -0.05) is 78.9 Å². The summed E-state index contributed by atoms with van der Waals surface area (Å²) in [7, 11) is 1.80. The third-order valence-electron chi connectivity index (χ3n) is 7.56. The van der Waals surface area contributed by atoms with Crippen molar-refractivity contribution in [1.82, 2.24) is 0 Å². The molecule has 0 atom stereocenters. The fourth-order valence-electron chi connectivity index (χ4n) is 4.74. The van der Waals surface area contributed by atoms with Crippen molar-refractivity contribution >= 4 is 66.0 Å². The second-order valence-corrected chi connectivity index (χ2v) is 11.6. The van der Waals surface area contributed by atoms with Crippen molar-refractivity contribution in [2.75, 3.05) is 0 Å². The largest absolute Gasteiger partial charge is 0.427 e. The average molecular weight is 487 g/mol. The summed E-state index contributed by atoms with van der Waals surface area (Å²) in [6.45, 7) is 7.38. The molecule has 4 heteroatoms. The third kappa shape index (κ3) is 3.81. The monoisotopic (exact) mass is 487 g/mol. The smallest absolute Gasteiger partial charge is 0.332 e. The maximum Gasteiger partial charge on any atom is 0.332 e. The van der Waals surface area contributed by atoms with Crippen LogP contribution in [0.2, 0.25) is 0 Å². The summed E-state index contributed by atoms with van der Waals surface area (Å²) in [5.41, 5.74) is 1.81. The molecular weight excluding hydrogens is 459 g/mol. The molecule has 0 aliphatic rings. The first-order valence-corrected chi connectivity index (χ1v) is 13.1. The van der Waals surface area contributed by atoms with Gasteiger partial charge in [-0.3, -0.25) is 0 Å². The maximum absolute atomic E-state index is 10.5. The number of rotatable bonds is 5. The van der Waals surface area contributed by atoms with Gasteiger partial charge in [0.1, 0.15) is 0 Å². The number of hydrogen-bond donors (Lipinski definition) is 1. The minimum Gasteiger partial charge on any atom is -0.427 e. The number of hydrogen-bond acceptors (Lipinski definition) is 3. The Morgan fingerprint density at radius 3 is 2.28 bits per heavy atom. The topological polar surface area (TPSA) is 29.5 Å². The van der Waals surface area contributed by atoms with Crippen molar-refractivity contribution in [3.63, 3.8) is 0 Å². The van der Waals surface area contributed by atoms with E-state index < -0.39 is 11.2 Å². The van der Waals surface area contributed by atoms with E-state index in [1.54, 1.807) is 32.7 Å². The lowest BCUT2D eigenvalue weighted by Crippen LogP contribution is -2.49. The van der Waals surface area contributed by atoms with Crippen LogP contribution < -0.4 is 5.46 Å². The Kier molecular flexibility index (Phi) is 5.45. The van der Waals surface area contributed by atoms with E-state index >= 15 is 0 Å². The normalized spacial score (nSPS) is 12.7. The molecule has 1 aromatic heterocycles. The molecule has 0 spiro atoms. The van der Waals surface area contributed by atoms with Crippen LogP contribution in [0.15, 0.2) is 91.0 Å². The minimum absolute atomic E-state index is 0.716. The molecule has 5 aromatic carbocycles. The molecule has 1 radical (unpaired) electrons. The second-order valence-electron chi connectivity index (χ2n) is 10.5. The lowest BCUT2D eigenvalue weighted by atomic mass is 9.82. The van der Waals surface area contributed by atoms with Crippen molar-refractivity contribution in [3.05, 3.63) is 91.0 Å². The molecule has 0 aliphatic heterocycles. The van der Waals surface area contributed by atoms with Crippen molar-refractivity contribution < 1.29 is 9.76 Å². The Morgan fingerprint density at radius 1 is 0.722 bits per heavy atom. The summed E-state index contributed by atoms with van der Waals surface area (Å²) in [5, 5.41) is 18.1. The second kappa shape index (κ2) is 8.45. The highest BCUT2D eigenvalue weighted by molar-refractivity contribution is 7.27. The van der Waals surface area contributed by atoms with Crippen LogP contribution in [0.25, 0.3) is 52.8 Å². The van der Waals surface area contributed by atoms with E-state index in [9.17, 15) is 5.11 Å². The third-order valence-corrected chi connectivity index (χ3v) is 8.78. The molecular formula is C32H28BO2S. The van der Waals surface area contributed by atoms with Crippen LogP contribution in [-0.4, -0.2) is 23.8 Å². The van der Waals surface area contributed by atoms with E-state index in [4.69, 9.17) is 4.65 Å². The number of thiophene rings is 1. The molecule has 0 bridgehead atoms. The molecule has 36 heavy (non-hydrogen) atoms. The Bertz CT molecular complexity index is 1760. The van der Waals surface area contributed by atoms with Crippen LogP contribution in [0.4, 0.5) is 0 Å². The summed E-state index contributed by atoms with van der Waals surface area (Å²) in [4.78, 5) is 0. The van der Waals surface area contributed by atoms with E-state index in [2.05, 4.69) is 91.0 Å². The van der Waals surface area contributed by atoms with Crippen LogP contribution >= 0.6 is 11.3 Å². The summed E-state index contributed by atoms with van der Waals surface area (Å²) in [5.74, 6) is 0. The van der Waals surface area contributed by atoms with Gasteiger partial charge in [0, 0.05) is 20.2 Å². The maximum atomic E-state index is 10.5. The molecule has 0 saturated heterocycles. The van der Waals surface area contributed by atoms with Gasteiger partial charge in [0.15, 0.2) is 0 Å². The zero-order valence-corrected chi connectivity index (χ0v) is 21.8. The molecule has 0 amide bonds. The first kappa shape index (κ1) is 23.2. The van der Waals surface area contributed by atoms with E-state index in [0.717, 1.165) is 5.46 Å². The van der Waals surface area contributed by atoms with Crippen LogP contribution in [0, 0.1) is 0 Å². The van der Waals surface area contributed by atoms with Gasteiger partial charge in [-0.2, -0.15) is 0 Å². The predicted octanol–water partition coefficient (Wildman–Crippen LogP) is 7.84. The van der Waals surface area contributed by atoms with Crippen molar-refractivity contribution in [3.8, 4) is 11.1 Å². The van der Waals surface area contributed by atoms with Gasteiger partial charge < -0.3 is 9.76 Å². The Hall–Kier alpha value is -3.18. The van der Waals surface area contributed by atoms with Gasteiger partial charge in [-0.05, 0) is 78.0 Å². The van der Waals surface area contributed by atoms with Crippen LogP contribution in [-0.2, 0) is 4.65 Å². The van der Waals surface area contributed by atoms with Gasteiger partial charge in [-0.25, -0.2) is 0 Å². The molecule has 1 N–H and O–H groups in total. The molecule has 6 rings (SSSR count). The standard InChI is InChI=1S/C32H28BO2S/c1-31(2,34)32(3,4)35-33-27-13-7-12-26-29-25(11-8-14-28(29)36-30(26)27)22-17-18-24-21(19-22)16-15-20-9-5-6-10-23(20)24/h5-19,34H,1-4H3. The lowest BCUT2D eigenvalue weighted by Gasteiger charge is -2.37. The van der Waals surface area contributed by atoms with Crippen LogP contribution in [0.1, 0.15) is 27.7 Å². The van der Waals surface area contributed by atoms with Gasteiger partial charge in [-0.15, -0.1) is 11.3 Å². The molecule has 177 valence electrons. The fraction of sp³-hybridized carbons (Fsp3) is 0.188. The van der Waals surface area contributed by atoms with Gasteiger partial charge in [0.2, 0.25) is 0 Å². The Morgan fingerprint density at radius 2 is 1.44 bits per heavy atom. The van der Waals surface area contributed by atoms with Crippen molar-refractivity contribution in [1.29, 1.82) is 0 Å². The first-order chi connectivity index (χ1) is 17.2. The zero-order chi connectivity index (χ0) is 25.1. The molecule has 2 nitrogen and oxygen atoms in total. The highest BCUT2D eigenvalue weighted by atomic mass is 32.1. The van der Waals surface area contributed by atoms with E-state index in [1.807, 2.05) is 13.8 Å². The average Bonchev–Trinajstić information content (AvgIpc) is 3.26. The molecule has 0 saturated carbocycles. The number of benzene rings is 5. The SMILES string of the molecule is CC(C)(O)C(C)(C)O[B]c1cccc2c1sc1cccc(-c3ccc4c(ccc5ccccc54)c3)c12. The molecule has 1 heterocycles. The predicted molar refractivity (Wildman–Crippen MR) is 157 cm³/mol. The Balaban J connectivity index is 1.48. The molecule has 6 aromatic rings. The first-order valence-electron chi connectivity index (χ1n) is 12.3. The minimum atomic E-state index is -0.966. The Labute approximate surface area is 216 Å². The number of aliphatic hydroxyl groups is 1. The van der Waals surface area contributed by atoms with E-state index in [1.165, 1.54) is 52.8 Å². The van der Waals surface area contributed by atoms with Crippen LogP contribution in [0.3, 0.4) is 0 Å². The molecule has 0 aliphatic carbocycles. The van der Waals surface area contributed by atoms with Crippen LogP contribution in [0.5, 0.6) is 0 Å². The highest BCUT2D eigenvalue weighted by Gasteiger charge is 2.36. The van der Waals surface area contributed by atoms with E-state index in [0.29, 0.717) is 0 Å². The lowest BCUT2D eigenvalue weighted by molar-refractivity contribution is -0.0893. The molecule has 0 unspecified atom stereocenters. The van der Waals surface area contributed by atoms with Crippen molar-refractivity contribution in [2.24, 2.45) is 0 Å². The molecule has 0 fully saturated rings. The van der Waals surface area contributed by atoms with E-state index in [-0.39, 0.29) is 0 Å². The summed E-state index contributed by atoms with van der Waals surface area (Å²) < 4.78 is 8.56. The summed E-state index contributed by atoms with van der Waals surface area (Å²) in [6.07, 6.45) is 0. The quantitative estimate of drug-likeness (QED) is 0.198. The fourth-order valence-corrected chi connectivity index (χ4v) is 5.94. The summed E-state index contributed by atoms with van der Waals surface area (Å²) >= 11 is 1.79.